The Bertz CT molecular complexity index is 795. The van der Waals surface area contributed by atoms with Gasteiger partial charge in [-0.25, -0.2) is 4.79 Å². The minimum atomic E-state index is -0.953. The summed E-state index contributed by atoms with van der Waals surface area (Å²) in [5, 5.41) is 17.0. The van der Waals surface area contributed by atoms with E-state index in [1.165, 1.54) is 17.7 Å². The van der Waals surface area contributed by atoms with Crippen molar-refractivity contribution >= 4 is 5.97 Å². The fraction of sp³-hybridized carbons (Fsp3) is 0.211. The Labute approximate surface area is 140 Å². The van der Waals surface area contributed by atoms with Crippen molar-refractivity contribution in [3.63, 3.8) is 0 Å². The van der Waals surface area contributed by atoms with Crippen molar-refractivity contribution in [2.45, 2.75) is 25.7 Å². The summed E-state index contributed by atoms with van der Waals surface area (Å²) in [5.41, 5.74) is 2.30. The second kappa shape index (κ2) is 7.55. The first-order valence-electron chi connectivity index (χ1n) is 7.92. The van der Waals surface area contributed by atoms with Crippen LogP contribution in [0.2, 0.25) is 0 Å². The number of hydrogen-bond acceptors (Lipinski definition) is 4. The number of unbranched alkanes of at least 4 members (excludes halogenated alkanes) is 1. The van der Waals surface area contributed by atoms with Gasteiger partial charge in [-0.15, -0.1) is 10.2 Å². The third-order valence-electron chi connectivity index (χ3n) is 3.79. The number of aryl methyl sites for hydroxylation is 2. The van der Waals surface area contributed by atoms with Crippen LogP contribution < -0.4 is 0 Å². The van der Waals surface area contributed by atoms with Crippen LogP contribution in [-0.2, 0) is 12.8 Å². The van der Waals surface area contributed by atoms with E-state index in [1.54, 1.807) is 12.1 Å². The van der Waals surface area contributed by atoms with Crippen molar-refractivity contribution in [2.75, 3.05) is 0 Å². The highest BCUT2D eigenvalue weighted by Crippen LogP contribution is 2.19. The predicted octanol–water partition coefficient (Wildman–Crippen LogP) is 4.00. The molecule has 24 heavy (non-hydrogen) atoms. The molecule has 0 bridgehead atoms. The lowest BCUT2D eigenvalue weighted by atomic mass is 10.1. The van der Waals surface area contributed by atoms with Crippen LogP contribution in [0.5, 0.6) is 0 Å². The lowest BCUT2D eigenvalue weighted by Crippen LogP contribution is -1.94. The first-order valence-corrected chi connectivity index (χ1v) is 7.92. The third kappa shape index (κ3) is 4.07. The average molecular weight is 322 g/mol. The summed E-state index contributed by atoms with van der Waals surface area (Å²) >= 11 is 0. The first kappa shape index (κ1) is 15.9. The Morgan fingerprint density at radius 1 is 0.917 bits per heavy atom. The number of hydrogen-bond donors (Lipinski definition) is 1. The molecule has 0 aliphatic carbocycles. The molecule has 1 heterocycles. The Kier molecular flexibility index (Phi) is 5.01. The smallest absolute Gasteiger partial charge is 0.335 e. The molecule has 1 N–H and O–H groups in total. The second-order valence-electron chi connectivity index (χ2n) is 5.58. The van der Waals surface area contributed by atoms with Crippen LogP contribution in [-0.4, -0.2) is 21.3 Å². The summed E-state index contributed by atoms with van der Waals surface area (Å²) in [6.45, 7) is 0. The van der Waals surface area contributed by atoms with Gasteiger partial charge in [-0.3, -0.25) is 0 Å². The van der Waals surface area contributed by atoms with Crippen LogP contribution in [0, 0.1) is 0 Å². The van der Waals surface area contributed by atoms with Crippen molar-refractivity contribution in [3.8, 4) is 11.5 Å². The van der Waals surface area contributed by atoms with Crippen LogP contribution in [0.3, 0.4) is 0 Å². The molecule has 1 aromatic heterocycles. The molecule has 0 saturated heterocycles. The number of carboxylic acids is 1. The van der Waals surface area contributed by atoms with Gasteiger partial charge in [-0.05, 0) is 49.1 Å². The summed E-state index contributed by atoms with van der Waals surface area (Å²) in [4.78, 5) is 10.9. The molecule has 0 aliphatic heterocycles. The quantitative estimate of drug-likeness (QED) is 0.665. The van der Waals surface area contributed by atoms with Crippen molar-refractivity contribution in [1.29, 1.82) is 0 Å². The molecular formula is C19H18N2O3. The van der Waals surface area contributed by atoms with E-state index >= 15 is 0 Å². The van der Waals surface area contributed by atoms with E-state index in [4.69, 9.17) is 9.52 Å². The Balaban J connectivity index is 1.52. The maximum absolute atomic E-state index is 10.9. The molecule has 0 spiro atoms. The number of rotatable bonds is 7. The summed E-state index contributed by atoms with van der Waals surface area (Å²) < 4.78 is 5.65. The molecule has 3 aromatic rings. The molecular weight excluding hydrogens is 304 g/mol. The number of aromatic nitrogens is 2. The molecule has 5 heteroatoms. The normalized spacial score (nSPS) is 10.7. The molecule has 0 aliphatic rings. The topological polar surface area (TPSA) is 76.2 Å². The molecule has 122 valence electrons. The van der Waals surface area contributed by atoms with Crippen LogP contribution >= 0.6 is 0 Å². The van der Waals surface area contributed by atoms with Gasteiger partial charge in [0.15, 0.2) is 0 Å². The van der Waals surface area contributed by atoms with Crippen LogP contribution in [0.4, 0.5) is 0 Å². The minimum Gasteiger partial charge on any atom is -0.478 e. The van der Waals surface area contributed by atoms with E-state index < -0.39 is 5.97 Å². The molecule has 0 atom stereocenters. The Morgan fingerprint density at radius 3 is 2.33 bits per heavy atom. The molecule has 0 amide bonds. The van der Waals surface area contributed by atoms with Gasteiger partial charge >= 0.3 is 5.97 Å². The molecule has 0 saturated carbocycles. The zero-order valence-electron chi connectivity index (χ0n) is 13.2. The summed E-state index contributed by atoms with van der Waals surface area (Å²) in [6, 6.07) is 16.8. The van der Waals surface area contributed by atoms with Gasteiger partial charge in [-0.2, -0.15) is 0 Å². The van der Waals surface area contributed by atoms with Crippen LogP contribution in [0.25, 0.3) is 11.5 Å². The van der Waals surface area contributed by atoms with Gasteiger partial charge in [0.05, 0.1) is 5.56 Å². The van der Waals surface area contributed by atoms with Gasteiger partial charge in [0.2, 0.25) is 11.8 Å². The minimum absolute atomic E-state index is 0.236. The van der Waals surface area contributed by atoms with Crippen molar-refractivity contribution in [1.82, 2.24) is 10.2 Å². The summed E-state index contributed by atoms with van der Waals surface area (Å²) in [6.07, 6.45) is 3.83. The van der Waals surface area contributed by atoms with Crippen molar-refractivity contribution in [2.24, 2.45) is 0 Å². The number of aromatic carboxylic acids is 1. The number of nitrogens with zero attached hydrogens (tertiary/aromatic N) is 2. The SMILES string of the molecule is O=C(O)c1ccc(-c2nnc(CCCCc3ccccc3)o2)cc1. The summed E-state index contributed by atoms with van der Waals surface area (Å²) in [7, 11) is 0. The van der Waals surface area contributed by atoms with E-state index in [1.807, 2.05) is 6.07 Å². The Hall–Kier alpha value is -2.95. The average Bonchev–Trinajstić information content (AvgIpc) is 3.09. The first-order chi connectivity index (χ1) is 11.7. The largest absolute Gasteiger partial charge is 0.478 e. The monoisotopic (exact) mass is 322 g/mol. The maximum atomic E-state index is 10.9. The van der Waals surface area contributed by atoms with E-state index in [-0.39, 0.29) is 5.56 Å². The number of benzene rings is 2. The molecule has 2 aromatic carbocycles. The zero-order chi connectivity index (χ0) is 16.8. The fourth-order valence-corrected chi connectivity index (χ4v) is 2.48. The predicted molar refractivity (Wildman–Crippen MR) is 89.8 cm³/mol. The van der Waals surface area contributed by atoms with E-state index in [2.05, 4.69) is 34.5 Å². The van der Waals surface area contributed by atoms with Gasteiger partial charge in [0.1, 0.15) is 0 Å². The highest BCUT2D eigenvalue weighted by atomic mass is 16.4. The van der Waals surface area contributed by atoms with Crippen molar-refractivity contribution < 1.29 is 14.3 Å². The molecule has 0 fully saturated rings. The highest BCUT2D eigenvalue weighted by Gasteiger charge is 2.09. The van der Waals surface area contributed by atoms with Gasteiger partial charge in [-0.1, -0.05) is 30.3 Å². The fourth-order valence-electron chi connectivity index (χ4n) is 2.48. The van der Waals surface area contributed by atoms with Crippen LogP contribution in [0.1, 0.15) is 34.7 Å². The van der Waals surface area contributed by atoms with E-state index in [9.17, 15) is 4.79 Å². The van der Waals surface area contributed by atoms with E-state index in [0.717, 1.165) is 31.2 Å². The lowest BCUT2D eigenvalue weighted by Gasteiger charge is -1.99. The molecule has 3 rings (SSSR count). The number of carbonyl (C=O) groups is 1. The van der Waals surface area contributed by atoms with Crippen molar-refractivity contribution in [3.05, 3.63) is 71.6 Å². The molecule has 0 unspecified atom stereocenters. The van der Waals surface area contributed by atoms with Gasteiger partial charge < -0.3 is 9.52 Å². The molecule has 0 radical (unpaired) electrons. The van der Waals surface area contributed by atoms with Gasteiger partial charge in [0.25, 0.3) is 0 Å². The van der Waals surface area contributed by atoms with Gasteiger partial charge in [0, 0.05) is 12.0 Å². The standard InChI is InChI=1S/C19H18N2O3/c22-19(23)16-12-10-15(11-13-16)18-21-20-17(24-18)9-5-4-8-14-6-2-1-3-7-14/h1-3,6-7,10-13H,4-5,8-9H2,(H,22,23). The maximum Gasteiger partial charge on any atom is 0.335 e. The highest BCUT2D eigenvalue weighted by molar-refractivity contribution is 5.88. The third-order valence-corrected chi connectivity index (χ3v) is 3.79. The zero-order valence-corrected chi connectivity index (χ0v) is 13.2. The summed E-state index contributed by atoms with van der Waals surface area (Å²) in [5.74, 6) is 0.0801. The number of carboxylic acid groups (broad SMARTS) is 1. The van der Waals surface area contributed by atoms with E-state index in [0.29, 0.717) is 11.8 Å². The van der Waals surface area contributed by atoms with Crippen LogP contribution in [0.15, 0.2) is 59.0 Å². The lowest BCUT2D eigenvalue weighted by molar-refractivity contribution is 0.0697. The molecule has 5 nitrogen and oxygen atoms in total. The second-order valence-corrected chi connectivity index (χ2v) is 5.58. The Morgan fingerprint density at radius 2 is 1.62 bits per heavy atom.